The van der Waals surface area contributed by atoms with E-state index >= 15 is 0 Å². The molecule has 0 bridgehead atoms. The molecule has 1 aliphatic carbocycles. The maximum absolute atomic E-state index is 13.2. The number of fused-ring (bicyclic) bond motifs is 4. The molecule has 3 aromatic rings. The van der Waals surface area contributed by atoms with Crippen molar-refractivity contribution in [2.24, 2.45) is 5.92 Å². The van der Waals surface area contributed by atoms with Crippen LogP contribution in [0.25, 0.3) is 11.1 Å². The Morgan fingerprint density at radius 2 is 1.52 bits per heavy atom. The summed E-state index contributed by atoms with van der Waals surface area (Å²) in [4.78, 5) is 26.6. The summed E-state index contributed by atoms with van der Waals surface area (Å²) in [6, 6.07) is 22.8. The van der Waals surface area contributed by atoms with Crippen LogP contribution in [0.5, 0.6) is 0 Å². The summed E-state index contributed by atoms with van der Waals surface area (Å²) >= 11 is 0. The Bertz CT molecular complexity index is 1130. The molecule has 0 saturated carbocycles. The first-order valence-electron chi connectivity index (χ1n) is 10.5. The van der Waals surface area contributed by atoms with Crippen molar-refractivity contribution in [3.63, 3.8) is 0 Å². The second-order valence-electron chi connectivity index (χ2n) is 8.27. The van der Waals surface area contributed by atoms with E-state index < -0.39 is 18.1 Å². The van der Waals surface area contributed by atoms with Gasteiger partial charge >= 0.3 is 12.1 Å². The Balaban J connectivity index is 1.45. The van der Waals surface area contributed by atoms with Gasteiger partial charge in [0.2, 0.25) is 0 Å². The van der Waals surface area contributed by atoms with E-state index in [0.29, 0.717) is 12.1 Å². The lowest BCUT2D eigenvalue weighted by Gasteiger charge is -2.38. The second-order valence-corrected chi connectivity index (χ2v) is 8.27. The number of carbonyl (C=O) groups excluding carboxylic acids is 1. The molecule has 0 spiro atoms. The van der Waals surface area contributed by atoms with Crippen LogP contribution in [0.4, 0.5) is 10.5 Å². The molecule has 1 N–H and O–H groups in total. The summed E-state index contributed by atoms with van der Waals surface area (Å²) in [5, 5.41) is 9.84. The lowest BCUT2D eigenvalue weighted by atomic mass is 9.87. The lowest BCUT2D eigenvalue weighted by Crippen LogP contribution is -2.52. The van der Waals surface area contributed by atoms with Crippen molar-refractivity contribution in [2.45, 2.75) is 25.3 Å². The van der Waals surface area contributed by atoms with Gasteiger partial charge in [-0.3, -0.25) is 4.90 Å². The van der Waals surface area contributed by atoms with Crippen LogP contribution in [0.3, 0.4) is 0 Å². The van der Waals surface area contributed by atoms with Gasteiger partial charge in [0.1, 0.15) is 12.6 Å². The highest BCUT2D eigenvalue weighted by Crippen LogP contribution is 2.44. The normalized spacial score (nSPS) is 19.3. The number of carboxylic acids is 1. The third-order valence-electron chi connectivity index (χ3n) is 6.40. The fourth-order valence-corrected chi connectivity index (χ4v) is 5.01. The van der Waals surface area contributed by atoms with Crippen LogP contribution >= 0.6 is 0 Å². The summed E-state index contributed by atoms with van der Waals surface area (Å²) < 4.78 is 5.79. The van der Waals surface area contributed by atoms with Gasteiger partial charge in [-0.25, -0.2) is 9.59 Å². The Labute approximate surface area is 180 Å². The standard InChI is InChI=1S/C26H23NO4/c1-16-14-17-8-2-7-13-23(17)27(24(16)25(28)29)26(30)31-15-22-20-11-5-3-9-18(20)19-10-4-6-12-21(19)22/h2-13,16,22,24H,14-15H2,1H3,(H,28,29)/t16-,24+/m0/s1. The van der Waals surface area contributed by atoms with Crippen LogP contribution < -0.4 is 4.90 Å². The van der Waals surface area contributed by atoms with Crippen LogP contribution in [-0.4, -0.2) is 29.8 Å². The van der Waals surface area contributed by atoms with Crippen LogP contribution in [0, 0.1) is 5.92 Å². The van der Waals surface area contributed by atoms with Gasteiger partial charge in [0, 0.05) is 5.92 Å². The molecular formula is C26H23NO4. The predicted octanol–water partition coefficient (Wildman–Crippen LogP) is 5.09. The van der Waals surface area contributed by atoms with E-state index in [0.717, 1.165) is 27.8 Å². The average Bonchev–Trinajstić information content (AvgIpc) is 3.10. The molecule has 3 aromatic carbocycles. The van der Waals surface area contributed by atoms with Gasteiger partial charge < -0.3 is 9.84 Å². The zero-order chi connectivity index (χ0) is 21.5. The molecule has 0 aromatic heterocycles. The summed E-state index contributed by atoms with van der Waals surface area (Å²) in [7, 11) is 0. The first kappa shape index (κ1) is 19.4. The molecule has 0 fully saturated rings. The minimum Gasteiger partial charge on any atom is -0.480 e. The van der Waals surface area contributed by atoms with Crippen molar-refractivity contribution in [1.29, 1.82) is 0 Å². The van der Waals surface area contributed by atoms with Crippen molar-refractivity contribution in [1.82, 2.24) is 0 Å². The number of nitrogens with zero attached hydrogens (tertiary/aromatic N) is 1. The average molecular weight is 413 g/mol. The van der Waals surface area contributed by atoms with Crippen molar-refractivity contribution in [3.8, 4) is 11.1 Å². The van der Waals surface area contributed by atoms with E-state index in [9.17, 15) is 14.7 Å². The zero-order valence-electron chi connectivity index (χ0n) is 17.2. The summed E-state index contributed by atoms with van der Waals surface area (Å²) in [6.07, 6.45) is -0.00595. The number of benzene rings is 3. The molecule has 5 rings (SSSR count). The monoisotopic (exact) mass is 413 g/mol. The number of amides is 1. The number of ether oxygens (including phenoxy) is 1. The number of rotatable bonds is 3. The first-order valence-corrected chi connectivity index (χ1v) is 10.5. The number of aliphatic carboxylic acids is 1. The van der Waals surface area contributed by atoms with E-state index in [1.165, 1.54) is 4.90 Å². The topological polar surface area (TPSA) is 66.8 Å². The van der Waals surface area contributed by atoms with Crippen LogP contribution in [-0.2, 0) is 16.0 Å². The first-order chi connectivity index (χ1) is 15.1. The molecule has 2 atom stereocenters. The van der Waals surface area contributed by atoms with Gasteiger partial charge in [0.05, 0.1) is 5.69 Å². The molecule has 1 heterocycles. The van der Waals surface area contributed by atoms with E-state index in [1.54, 1.807) is 6.07 Å². The van der Waals surface area contributed by atoms with Crippen molar-refractivity contribution >= 4 is 17.7 Å². The van der Waals surface area contributed by atoms with E-state index in [2.05, 4.69) is 24.3 Å². The molecular weight excluding hydrogens is 390 g/mol. The highest BCUT2D eigenvalue weighted by Gasteiger charge is 2.41. The van der Waals surface area contributed by atoms with Gasteiger partial charge in [-0.2, -0.15) is 0 Å². The van der Waals surface area contributed by atoms with Crippen LogP contribution in [0.15, 0.2) is 72.8 Å². The molecule has 0 radical (unpaired) electrons. The third-order valence-corrected chi connectivity index (χ3v) is 6.40. The quantitative estimate of drug-likeness (QED) is 0.650. The molecule has 5 nitrogen and oxygen atoms in total. The summed E-state index contributed by atoms with van der Waals surface area (Å²) in [6.45, 7) is 2.02. The highest BCUT2D eigenvalue weighted by atomic mass is 16.6. The maximum Gasteiger partial charge on any atom is 0.415 e. The number of para-hydroxylation sites is 1. The second kappa shape index (κ2) is 7.58. The van der Waals surface area contributed by atoms with Gasteiger partial charge in [0.25, 0.3) is 0 Å². The van der Waals surface area contributed by atoms with Gasteiger partial charge in [-0.05, 0) is 46.2 Å². The van der Waals surface area contributed by atoms with Gasteiger partial charge in [0.15, 0.2) is 0 Å². The predicted molar refractivity (Wildman–Crippen MR) is 118 cm³/mol. The smallest absolute Gasteiger partial charge is 0.415 e. The molecule has 0 saturated heterocycles. The summed E-state index contributed by atoms with van der Waals surface area (Å²) in [5.74, 6) is -1.31. The molecule has 1 amide bonds. The highest BCUT2D eigenvalue weighted by molar-refractivity contribution is 5.97. The number of hydrogen-bond acceptors (Lipinski definition) is 3. The number of anilines is 1. The fourth-order valence-electron chi connectivity index (χ4n) is 5.01. The Hall–Kier alpha value is -3.60. The molecule has 1 aliphatic heterocycles. The minimum atomic E-state index is -1.02. The Morgan fingerprint density at radius 3 is 2.16 bits per heavy atom. The Morgan fingerprint density at radius 1 is 0.935 bits per heavy atom. The van der Waals surface area contributed by atoms with Crippen molar-refractivity contribution in [3.05, 3.63) is 89.5 Å². The molecule has 156 valence electrons. The van der Waals surface area contributed by atoms with E-state index in [4.69, 9.17) is 4.74 Å². The van der Waals surface area contributed by atoms with E-state index in [-0.39, 0.29) is 18.4 Å². The SMILES string of the molecule is C[C@H]1Cc2ccccc2N(C(=O)OCC2c3ccccc3-c3ccccc32)[C@H]1C(=O)O. The van der Waals surface area contributed by atoms with Gasteiger partial charge in [-0.15, -0.1) is 0 Å². The van der Waals surface area contributed by atoms with Crippen molar-refractivity contribution < 1.29 is 19.4 Å². The lowest BCUT2D eigenvalue weighted by molar-refractivity contribution is -0.139. The van der Waals surface area contributed by atoms with E-state index in [1.807, 2.05) is 49.4 Å². The largest absolute Gasteiger partial charge is 0.480 e. The minimum absolute atomic E-state index is 0.0721. The zero-order valence-corrected chi connectivity index (χ0v) is 17.2. The van der Waals surface area contributed by atoms with Crippen molar-refractivity contribution in [2.75, 3.05) is 11.5 Å². The summed E-state index contributed by atoms with van der Waals surface area (Å²) in [5.41, 5.74) is 6.13. The molecule has 5 heteroatoms. The number of carbonyl (C=O) groups is 2. The number of hydrogen-bond donors (Lipinski definition) is 1. The molecule has 31 heavy (non-hydrogen) atoms. The fraction of sp³-hybridized carbons (Fsp3) is 0.231. The Kier molecular flexibility index (Phi) is 4.74. The third kappa shape index (κ3) is 3.17. The maximum atomic E-state index is 13.2. The van der Waals surface area contributed by atoms with Gasteiger partial charge in [-0.1, -0.05) is 73.7 Å². The number of carboxylic acid groups (broad SMARTS) is 1. The molecule has 0 unspecified atom stereocenters. The molecule has 2 aliphatic rings. The van der Waals surface area contributed by atoms with Crippen LogP contribution in [0.2, 0.25) is 0 Å². The van der Waals surface area contributed by atoms with Crippen LogP contribution in [0.1, 0.15) is 29.5 Å².